The second-order valence-electron chi connectivity index (χ2n) is 5.56. The van der Waals surface area contributed by atoms with E-state index in [9.17, 15) is 13.5 Å². The summed E-state index contributed by atoms with van der Waals surface area (Å²) in [5, 5.41) is 10.1. The van der Waals surface area contributed by atoms with Crippen molar-refractivity contribution in [3.8, 4) is 0 Å². The van der Waals surface area contributed by atoms with Crippen LogP contribution >= 0.6 is 0 Å². The van der Waals surface area contributed by atoms with Gasteiger partial charge >= 0.3 is 0 Å². The molecule has 1 aliphatic rings. The quantitative estimate of drug-likeness (QED) is 0.844. The van der Waals surface area contributed by atoms with Crippen LogP contribution in [0, 0.1) is 5.92 Å². The molecule has 112 valence electrons. The molecular weight excluding hydrogens is 274 g/mol. The minimum Gasteiger partial charge on any atom is -0.391 e. The van der Waals surface area contributed by atoms with Crippen molar-refractivity contribution in [2.75, 3.05) is 6.54 Å². The molecule has 1 aromatic rings. The van der Waals surface area contributed by atoms with Gasteiger partial charge in [0.15, 0.2) is 0 Å². The Bertz CT molecular complexity index is 495. The molecule has 0 spiro atoms. The largest absolute Gasteiger partial charge is 0.391 e. The molecule has 1 fully saturated rings. The number of hydrogen-bond acceptors (Lipinski definition) is 3. The Kier molecular flexibility index (Phi) is 5.57. The summed E-state index contributed by atoms with van der Waals surface area (Å²) < 4.78 is 26.5. The van der Waals surface area contributed by atoms with Crippen molar-refractivity contribution in [1.82, 2.24) is 4.72 Å². The lowest BCUT2D eigenvalue weighted by Crippen LogP contribution is -2.37. The van der Waals surface area contributed by atoms with Crippen molar-refractivity contribution in [2.24, 2.45) is 5.92 Å². The summed E-state index contributed by atoms with van der Waals surface area (Å²) in [6.45, 7) is 0.125. The number of aliphatic hydroxyl groups is 1. The fraction of sp³-hybridized carbons (Fsp3) is 0.600. The van der Waals surface area contributed by atoms with E-state index in [2.05, 4.69) is 4.72 Å². The van der Waals surface area contributed by atoms with Crippen molar-refractivity contribution in [2.45, 2.75) is 44.0 Å². The Hall–Kier alpha value is -0.910. The van der Waals surface area contributed by atoms with Crippen molar-refractivity contribution in [1.29, 1.82) is 0 Å². The van der Waals surface area contributed by atoms with E-state index >= 15 is 0 Å². The number of hydrogen-bond donors (Lipinski definition) is 2. The van der Waals surface area contributed by atoms with Crippen molar-refractivity contribution in [3.63, 3.8) is 0 Å². The Labute approximate surface area is 121 Å². The van der Waals surface area contributed by atoms with Crippen LogP contribution in [0.2, 0.25) is 0 Å². The molecule has 4 nitrogen and oxygen atoms in total. The Morgan fingerprint density at radius 3 is 2.45 bits per heavy atom. The zero-order chi connectivity index (χ0) is 14.4. The molecule has 0 amide bonds. The molecule has 2 N–H and O–H groups in total. The first-order chi connectivity index (χ1) is 9.57. The van der Waals surface area contributed by atoms with E-state index in [0.717, 1.165) is 31.2 Å². The van der Waals surface area contributed by atoms with Crippen molar-refractivity contribution in [3.05, 3.63) is 35.9 Å². The molecule has 1 aromatic carbocycles. The third kappa shape index (κ3) is 4.89. The highest BCUT2D eigenvalue weighted by atomic mass is 32.2. The standard InChI is InChI=1S/C15H23NO3S/c17-15(14-9-5-2-6-10-14)11-16-20(18,19)12-13-7-3-1-4-8-13/h1,3-4,7-8,14-17H,2,5-6,9-12H2. The van der Waals surface area contributed by atoms with E-state index in [-0.39, 0.29) is 18.2 Å². The van der Waals surface area contributed by atoms with Gasteiger partial charge in [-0.1, -0.05) is 49.6 Å². The lowest BCUT2D eigenvalue weighted by molar-refractivity contribution is 0.0888. The highest BCUT2D eigenvalue weighted by Gasteiger charge is 2.23. The minimum absolute atomic E-state index is 0.0365. The number of nitrogens with one attached hydrogen (secondary N) is 1. The lowest BCUT2D eigenvalue weighted by Gasteiger charge is -2.26. The Morgan fingerprint density at radius 1 is 1.15 bits per heavy atom. The van der Waals surface area contributed by atoms with Gasteiger partial charge in [0.25, 0.3) is 0 Å². The maximum absolute atomic E-state index is 12.0. The average molecular weight is 297 g/mol. The van der Waals surface area contributed by atoms with E-state index < -0.39 is 16.1 Å². The first kappa shape index (κ1) is 15.5. The molecule has 0 bridgehead atoms. The predicted molar refractivity (Wildman–Crippen MR) is 79.7 cm³/mol. The van der Waals surface area contributed by atoms with Gasteiger partial charge in [-0.2, -0.15) is 0 Å². The minimum atomic E-state index is -3.38. The van der Waals surface area contributed by atoms with Gasteiger partial charge in [-0.3, -0.25) is 0 Å². The van der Waals surface area contributed by atoms with Crippen LogP contribution in [-0.4, -0.2) is 26.2 Å². The molecule has 20 heavy (non-hydrogen) atoms. The van der Waals surface area contributed by atoms with Crippen LogP contribution in [0.4, 0.5) is 0 Å². The van der Waals surface area contributed by atoms with Crippen molar-refractivity contribution < 1.29 is 13.5 Å². The maximum atomic E-state index is 12.0. The topological polar surface area (TPSA) is 66.4 Å². The summed E-state index contributed by atoms with van der Waals surface area (Å²) in [5.41, 5.74) is 0.757. The van der Waals surface area contributed by atoms with E-state index in [1.165, 1.54) is 6.42 Å². The molecule has 0 radical (unpaired) electrons. The van der Waals surface area contributed by atoms with E-state index in [1.807, 2.05) is 18.2 Å². The molecule has 1 saturated carbocycles. The van der Waals surface area contributed by atoms with E-state index in [1.54, 1.807) is 12.1 Å². The molecule has 1 atom stereocenters. The van der Waals surface area contributed by atoms with Crippen LogP contribution in [0.5, 0.6) is 0 Å². The maximum Gasteiger partial charge on any atom is 0.215 e. The zero-order valence-electron chi connectivity index (χ0n) is 11.7. The van der Waals surface area contributed by atoms with Gasteiger partial charge < -0.3 is 5.11 Å². The fourth-order valence-electron chi connectivity index (χ4n) is 2.74. The Balaban J connectivity index is 1.82. The number of sulfonamides is 1. The predicted octanol–water partition coefficient (Wildman–Crippen LogP) is 2.05. The van der Waals surface area contributed by atoms with E-state index in [4.69, 9.17) is 0 Å². The summed E-state index contributed by atoms with van der Waals surface area (Å²) in [6, 6.07) is 9.08. The van der Waals surface area contributed by atoms with Crippen LogP contribution in [0.1, 0.15) is 37.7 Å². The van der Waals surface area contributed by atoms with Crippen LogP contribution in [0.3, 0.4) is 0 Å². The highest BCUT2D eigenvalue weighted by Crippen LogP contribution is 2.26. The van der Waals surface area contributed by atoms with Gasteiger partial charge in [0.05, 0.1) is 11.9 Å². The van der Waals surface area contributed by atoms with Gasteiger partial charge in [-0.25, -0.2) is 13.1 Å². The average Bonchev–Trinajstić information content (AvgIpc) is 2.46. The summed E-state index contributed by atoms with van der Waals surface area (Å²) >= 11 is 0. The molecule has 1 aliphatic carbocycles. The second kappa shape index (κ2) is 7.20. The summed E-state index contributed by atoms with van der Waals surface area (Å²) in [5.74, 6) is 0.203. The number of rotatable bonds is 6. The summed E-state index contributed by atoms with van der Waals surface area (Å²) in [7, 11) is -3.38. The molecule has 1 unspecified atom stereocenters. The van der Waals surface area contributed by atoms with Crippen molar-refractivity contribution >= 4 is 10.0 Å². The molecule has 2 rings (SSSR count). The SMILES string of the molecule is O=S(=O)(Cc1ccccc1)NCC(O)C1CCCCC1. The van der Waals surface area contributed by atoms with Gasteiger partial charge in [0.1, 0.15) is 0 Å². The first-order valence-corrected chi connectivity index (χ1v) is 8.91. The Morgan fingerprint density at radius 2 is 1.80 bits per heavy atom. The molecule has 0 aliphatic heterocycles. The van der Waals surface area contributed by atoms with Gasteiger partial charge in [0.2, 0.25) is 10.0 Å². The van der Waals surface area contributed by atoms with Gasteiger partial charge in [0, 0.05) is 6.54 Å². The first-order valence-electron chi connectivity index (χ1n) is 7.26. The normalized spacial score (nSPS) is 18.9. The third-order valence-corrected chi connectivity index (χ3v) is 5.23. The smallest absolute Gasteiger partial charge is 0.215 e. The number of benzene rings is 1. The molecule has 0 aromatic heterocycles. The summed E-state index contributed by atoms with van der Waals surface area (Å²) in [6.07, 6.45) is 4.93. The molecular formula is C15H23NO3S. The van der Waals surface area contributed by atoms with Gasteiger partial charge in [-0.05, 0) is 24.3 Å². The zero-order valence-corrected chi connectivity index (χ0v) is 12.5. The van der Waals surface area contributed by atoms with Gasteiger partial charge in [-0.15, -0.1) is 0 Å². The lowest BCUT2D eigenvalue weighted by atomic mass is 9.85. The fourth-order valence-corrected chi connectivity index (χ4v) is 3.90. The monoisotopic (exact) mass is 297 g/mol. The highest BCUT2D eigenvalue weighted by molar-refractivity contribution is 7.88. The molecule has 0 heterocycles. The van der Waals surface area contributed by atoms with Crippen LogP contribution in [-0.2, 0) is 15.8 Å². The second-order valence-corrected chi connectivity index (χ2v) is 7.37. The van der Waals surface area contributed by atoms with E-state index in [0.29, 0.717) is 0 Å². The number of aliphatic hydroxyl groups excluding tert-OH is 1. The van der Waals surface area contributed by atoms with Crippen LogP contribution < -0.4 is 4.72 Å². The molecule has 5 heteroatoms. The summed E-state index contributed by atoms with van der Waals surface area (Å²) in [4.78, 5) is 0. The van der Waals surface area contributed by atoms with Crippen LogP contribution in [0.25, 0.3) is 0 Å². The molecule has 0 saturated heterocycles. The third-order valence-electron chi connectivity index (χ3n) is 3.91. The van der Waals surface area contributed by atoms with Crippen LogP contribution in [0.15, 0.2) is 30.3 Å².